The highest BCUT2D eigenvalue weighted by molar-refractivity contribution is 6.02. The lowest BCUT2D eigenvalue weighted by Gasteiger charge is -2.25. The molecule has 2 aromatic carbocycles. The van der Waals surface area contributed by atoms with Gasteiger partial charge in [0.1, 0.15) is 17.3 Å². The number of hydrogen-bond donors (Lipinski definition) is 1. The van der Waals surface area contributed by atoms with Crippen LogP contribution in [0.3, 0.4) is 0 Å². The van der Waals surface area contributed by atoms with Crippen molar-refractivity contribution < 1.29 is 9.53 Å². The van der Waals surface area contributed by atoms with Crippen LogP contribution in [0.5, 0.6) is 5.75 Å². The first-order chi connectivity index (χ1) is 13.9. The van der Waals surface area contributed by atoms with Crippen LogP contribution >= 0.6 is 0 Å². The summed E-state index contributed by atoms with van der Waals surface area (Å²) in [6.07, 6.45) is 3.78. The average molecular weight is 389 g/mol. The molecule has 0 unspecified atom stereocenters. The highest BCUT2D eigenvalue weighted by atomic mass is 16.5. The maximum atomic E-state index is 12.6. The van der Waals surface area contributed by atoms with Crippen molar-refractivity contribution in [3.63, 3.8) is 0 Å². The first-order valence-electron chi connectivity index (χ1n) is 10.0. The number of benzene rings is 2. The Morgan fingerprint density at radius 3 is 2.48 bits per heavy atom. The quantitative estimate of drug-likeness (QED) is 0.697. The summed E-state index contributed by atoms with van der Waals surface area (Å²) in [4.78, 5) is 17.2. The number of methoxy groups -OCH3 is 1. The number of anilines is 1. The van der Waals surface area contributed by atoms with Crippen LogP contribution in [-0.2, 0) is 13.0 Å². The Labute approximate surface area is 171 Å². The molecular weight excluding hydrogens is 362 g/mol. The van der Waals surface area contributed by atoms with Crippen molar-refractivity contribution >= 4 is 11.6 Å². The van der Waals surface area contributed by atoms with Gasteiger partial charge in [-0.1, -0.05) is 29.8 Å². The SMILES string of the molecule is COc1c(C)cc([C@H]2CCc3nc(C(=O)Nc4ccc(C)cc4)cn3C2)cc1C. The van der Waals surface area contributed by atoms with Gasteiger partial charge in [0.15, 0.2) is 0 Å². The molecule has 1 aromatic heterocycles. The predicted molar refractivity (Wildman–Crippen MR) is 115 cm³/mol. The molecule has 2 heterocycles. The lowest BCUT2D eigenvalue weighted by Crippen LogP contribution is -2.18. The number of nitrogens with one attached hydrogen (secondary N) is 1. The van der Waals surface area contributed by atoms with E-state index in [1.165, 1.54) is 5.56 Å². The maximum Gasteiger partial charge on any atom is 0.275 e. The van der Waals surface area contributed by atoms with Crippen LogP contribution in [-0.4, -0.2) is 22.6 Å². The third-order valence-electron chi connectivity index (χ3n) is 5.69. The zero-order valence-electron chi connectivity index (χ0n) is 17.5. The zero-order chi connectivity index (χ0) is 20.5. The third-order valence-corrected chi connectivity index (χ3v) is 5.69. The fraction of sp³-hybridized carbons (Fsp3) is 0.333. The van der Waals surface area contributed by atoms with E-state index in [1.807, 2.05) is 37.4 Å². The van der Waals surface area contributed by atoms with Gasteiger partial charge in [-0.2, -0.15) is 0 Å². The monoisotopic (exact) mass is 389 g/mol. The van der Waals surface area contributed by atoms with Crippen LogP contribution in [0.1, 0.15) is 50.9 Å². The van der Waals surface area contributed by atoms with Crippen molar-refractivity contribution in [1.82, 2.24) is 9.55 Å². The van der Waals surface area contributed by atoms with Crippen LogP contribution in [0, 0.1) is 20.8 Å². The van der Waals surface area contributed by atoms with E-state index in [-0.39, 0.29) is 5.91 Å². The molecule has 5 nitrogen and oxygen atoms in total. The molecule has 0 fully saturated rings. The molecule has 5 heteroatoms. The Balaban J connectivity index is 1.51. The van der Waals surface area contributed by atoms with Gasteiger partial charge in [-0.25, -0.2) is 4.98 Å². The molecule has 0 radical (unpaired) electrons. The Morgan fingerprint density at radius 1 is 1.14 bits per heavy atom. The summed E-state index contributed by atoms with van der Waals surface area (Å²) in [5.41, 5.74) is 6.08. The van der Waals surface area contributed by atoms with Crippen molar-refractivity contribution in [1.29, 1.82) is 0 Å². The minimum absolute atomic E-state index is 0.163. The minimum atomic E-state index is -0.163. The van der Waals surface area contributed by atoms with E-state index in [9.17, 15) is 4.79 Å². The van der Waals surface area contributed by atoms with E-state index in [2.05, 4.69) is 40.8 Å². The molecule has 0 saturated carbocycles. The highest BCUT2D eigenvalue weighted by Gasteiger charge is 2.24. The zero-order valence-corrected chi connectivity index (χ0v) is 17.5. The summed E-state index contributed by atoms with van der Waals surface area (Å²) in [7, 11) is 1.72. The van der Waals surface area contributed by atoms with E-state index in [1.54, 1.807) is 7.11 Å². The van der Waals surface area contributed by atoms with Gasteiger partial charge in [0.2, 0.25) is 0 Å². The molecule has 0 aliphatic carbocycles. The smallest absolute Gasteiger partial charge is 0.275 e. The summed E-state index contributed by atoms with van der Waals surface area (Å²) < 4.78 is 7.63. The summed E-state index contributed by atoms with van der Waals surface area (Å²) in [6.45, 7) is 7.05. The van der Waals surface area contributed by atoms with Crippen LogP contribution in [0.15, 0.2) is 42.6 Å². The summed E-state index contributed by atoms with van der Waals surface area (Å²) in [5.74, 6) is 2.19. The number of aromatic nitrogens is 2. The molecule has 1 aliphatic rings. The fourth-order valence-electron chi connectivity index (χ4n) is 4.20. The van der Waals surface area contributed by atoms with Gasteiger partial charge >= 0.3 is 0 Å². The topological polar surface area (TPSA) is 56.1 Å². The highest BCUT2D eigenvalue weighted by Crippen LogP contribution is 2.33. The number of nitrogens with zero attached hydrogens (tertiary/aromatic N) is 2. The first-order valence-corrected chi connectivity index (χ1v) is 10.0. The fourth-order valence-corrected chi connectivity index (χ4v) is 4.20. The number of aryl methyl sites for hydroxylation is 4. The lowest BCUT2D eigenvalue weighted by atomic mass is 9.89. The van der Waals surface area contributed by atoms with Crippen LogP contribution in [0.2, 0.25) is 0 Å². The number of fused-ring (bicyclic) bond motifs is 1. The second kappa shape index (κ2) is 7.74. The Bertz CT molecular complexity index is 1030. The number of carbonyl (C=O) groups is 1. The largest absolute Gasteiger partial charge is 0.496 e. The van der Waals surface area contributed by atoms with Crippen molar-refractivity contribution in [3.8, 4) is 5.75 Å². The van der Waals surface area contributed by atoms with Crippen molar-refractivity contribution in [3.05, 3.63) is 76.4 Å². The van der Waals surface area contributed by atoms with E-state index >= 15 is 0 Å². The maximum absolute atomic E-state index is 12.6. The van der Waals surface area contributed by atoms with Gasteiger partial charge in [-0.05, 0) is 56.0 Å². The number of hydrogen-bond acceptors (Lipinski definition) is 3. The van der Waals surface area contributed by atoms with Crippen LogP contribution < -0.4 is 10.1 Å². The summed E-state index contributed by atoms with van der Waals surface area (Å²) in [5, 5.41) is 2.94. The van der Waals surface area contributed by atoms with Crippen molar-refractivity contribution in [2.24, 2.45) is 0 Å². The molecule has 29 heavy (non-hydrogen) atoms. The summed E-state index contributed by atoms with van der Waals surface area (Å²) >= 11 is 0. The second-order valence-corrected chi connectivity index (χ2v) is 7.94. The van der Waals surface area contributed by atoms with E-state index in [4.69, 9.17) is 4.74 Å². The Kier molecular flexibility index (Phi) is 5.14. The number of rotatable bonds is 4. The Morgan fingerprint density at radius 2 is 1.83 bits per heavy atom. The molecule has 0 bridgehead atoms. The van der Waals surface area contributed by atoms with Gasteiger partial charge in [0.25, 0.3) is 5.91 Å². The molecule has 4 rings (SSSR count). The normalized spacial score (nSPS) is 15.7. The van der Waals surface area contributed by atoms with Crippen LogP contribution in [0.4, 0.5) is 5.69 Å². The molecule has 0 spiro atoms. The van der Waals surface area contributed by atoms with Gasteiger partial charge in [-0.15, -0.1) is 0 Å². The standard InChI is InChI=1S/C24H27N3O2/c1-15-5-8-20(9-6-15)25-24(28)21-14-27-13-18(7-10-22(27)26-21)19-11-16(2)23(29-4)17(3)12-19/h5-6,8-9,11-12,14,18H,7,10,13H2,1-4H3,(H,25,28)/t18-/m0/s1. The van der Waals surface area contributed by atoms with Gasteiger partial charge in [-0.3, -0.25) is 4.79 Å². The number of amides is 1. The number of carbonyl (C=O) groups excluding carboxylic acids is 1. The molecule has 150 valence electrons. The molecule has 1 N–H and O–H groups in total. The molecule has 1 aliphatic heterocycles. The first kappa shape index (κ1) is 19.2. The van der Waals surface area contributed by atoms with E-state index in [0.29, 0.717) is 11.6 Å². The second-order valence-electron chi connectivity index (χ2n) is 7.94. The van der Waals surface area contributed by atoms with Gasteiger partial charge in [0.05, 0.1) is 7.11 Å². The minimum Gasteiger partial charge on any atom is -0.496 e. The lowest BCUT2D eigenvalue weighted by molar-refractivity contribution is 0.102. The predicted octanol–water partition coefficient (Wildman–Crippen LogP) is 4.80. The number of imidazole rings is 1. The van der Waals surface area contributed by atoms with Gasteiger partial charge < -0.3 is 14.6 Å². The Hall–Kier alpha value is -3.08. The summed E-state index contributed by atoms with van der Waals surface area (Å²) in [6, 6.07) is 12.2. The van der Waals surface area contributed by atoms with E-state index in [0.717, 1.165) is 53.3 Å². The number of ether oxygens (including phenoxy) is 1. The van der Waals surface area contributed by atoms with E-state index < -0.39 is 0 Å². The molecule has 0 saturated heterocycles. The third kappa shape index (κ3) is 3.90. The molecule has 1 atom stereocenters. The van der Waals surface area contributed by atoms with Crippen molar-refractivity contribution in [2.45, 2.75) is 46.1 Å². The van der Waals surface area contributed by atoms with Crippen LogP contribution in [0.25, 0.3) is 0 Å². The van der Waals surface area contributed by atoms with Gasteiger partial charge in [0, 0.05) is 30.8 Å². The average Bonchev–Trinajstić information content (AvgIpc) is 3.13. The molecule has 1 amide bonds. The molecule has 3 aromatic rings. The molecular formula is C24H27N3O2. The van der Waals surface area contributed by atoms with Crippen molar-refractivity contribution in [2.75, 3.05) is 12.4 Å².